The number of nitrogens with zero attached hydrogens (tertiary/aromatic N) is 1. The molecule has 1 fully saturated rings. The van der Waals surface area contributed by atoms with Crippen LogP contribution in [0.1, 0.15) is 21.5 Å². The van der Waals surface area contributed by atoms with Crippen LogP contribution in [0.2, 0.25) is 0 Å². The van der Waals surface area contributed by atoms with Crippen LogP contribution >= 0.6 is 11.8 Å². The van der Waals surface area contributed by atoms with Gasteiger partial charge in [0.15, 0.2) is 16.7 Å². The number of aryl methyl sites for hydroxylation is 1. The van der Waals surface area contributed by atoms with E-state index in [-0.39, 0.29) is 11.7 Å². The first-order chi connectivity index (χ1) is 16.4. The average molecular weight is 475 g/mol. The monoisotopic (exact) mass is 474 g/mol. The summed E-state index contributed by atoms with van der Waals surface area (Å²) >= 11 is 1.24. The van der Waals surface area contributed by atoms with Crippen LogP contribution in [0.25, 0.3) is 6.08 Å². The van der Waals surface area contributed by atoms with E-state index >= 15 is 0 Å². The van der Waals surface area contributed by atoms with Gasteiger partial charge in [0.1, 0.15) is 5.75 Å². The molecule has 1 heterocycles. The third kappa shape index (κ3) is 5.47. The van der Waals surface area contributed by atoms with Crippen LogP contribution in [0.15, 0.2) is 76.6 Å². The lowest BCUT2D eigenvalue weighted by Crippen LogP contribution is -2.19. The summed E-state index contributed by atoms with van der Waals surface area (Å²) in [6, 6.07) is 19.4. The molecule has 1 saturated heterocycles. The number of rotatable bonds is 6. The van der Waals surface area contributed by atoms with Crippen molar-refractivity contribution >= 4 is 40.6 Å². The Morgan fingerprint density at radius 1 is 0.941 bits per heavy atom. The van der Waals surface area contributed by atoms with E-state index in [9.17, 15) is 9.59 Å². The van der Waals surface area contributed by atoms with Crippen molar-refractivity contribution in [2.24, 2.45) is 4.99 Å². The number of benzene rings is 3. The lowest BCUT2D eigenvalue weighted by Gasteiger charge is -2.10. The SMILES string of the molecule is COc1ccc(C(=O)Oc2cc(/C=C3\SC(=Nc4ccc(C)cc4)NC3=O)ccc2OC)cc1. The molecule has 3 aromatic rings. The first-order valence-electron chi connectivity index (χ1n) is 10.4. The first-order valence-corrected chi connectivity index (χ1v) is 11.2. The van der Waals surface area contributed by atoms with Crippen LogP contribution in [-0.4, -0.2) is 31.3 Å². The molecule has 4 rings (SSSR count). The highest BCUT2D eigenvalue weighted by atomic mass is 32.2. The van der Waals surface area contributed by atoms with E-state index < -0.39 is 5.97 Å². The quantitative estimate of drug-likeness (QED) is 0.303. The number of hydrogen-bond donors (Lipinski definition) is 1. The summed E-state index contributed by atoms with van der Waals surface area (Å²) in [5.74, 6) is 0.499. The molecule has 0 unspecified atom stereocenters. The summed E-state index contributed by atoms with van der Waals surface area (Å²) in [5.41, 5.74) is 2.93. The molecule has 1 N–H and O–H groups in total. The Balaban J connectivity index is 1.54. The van der Waals surface area contributed by atoms with E-state index in [4.69, 9.17) is 14.2 Å². The molecule has 34 heavy (non-hydrogen) atoms. The van der Waals surface area contributed by atoms with Crippen LogP contribution in [0.4, 0.5) is 5.69 Å². The molecule has 3 aromatic carbocycles. The third-order valence-corrected chi connectivity index (χ3v) is 5.84. The van der Waals surface area contributed by atoms with Gasteiger partial charge in [-0.1, -0.05) is 23.8 Å². The fraction of sp³-hybridized carbons (Fsp3) is 0.115. The van der Waals surface area contributed by atoms with Gasteiger partial charge in [0.05, 0.1) is 30.4 Å². The van der Waals surface area contributed by atoms with Crippen LogP contribution in [0, 0.1) is 6.92 Å². The van der Waals surface area contributed by atoms with Crippen LogP contribution < -0.4 is 19.5 Å². The zero-order valence-electron chi connectivity index (χ0n) is 18.8. The van der Waals surface area contributed by atoms with E-state index in [0.717, 1.165) is 11.3 Å². The molecule has 0 atom stereocenters. The minimum Gasteiger partial charge on any atom is -0.497 e. The van der Waals surface area contributed by atoms with Gasteiger partial charge in [-0.25, -0.2) is 9.79 Å². The molecule has 1 aliphatic heterocycles. The van der Waals surface area contributed by atoms with Gasteiger partial charge in [0, 0.05) is 0 Å². The van der Waals surface area contributed by atoms with Gasteiger partial charge in [0.25, 0.3) is 5.91 Å². The molecule has 0 bridgehead atoms. The van der Waals surface area contributed by atoms with Gasteiger partial charge in [0.2, 0.25) is 0 Å². The molecule has 0 saturated carbocycles. The van der Waals surface area contributed by atoms with Crippen molar-refractivity contribution in [3.63, 3.8) is 0 Å². The number of thioether (sulfide) groups is 1. The average Bonchev–Trinajstić information content (AvgIpc) is 3.19. The lowest BCUT2D eigenvalue weighted by atomic mass is 10.1. The number of carbonyl (C=O) groups is 2. The Kier molecular flexibility index (Phi) is 6.98. The Morgan fingerprint density at radius 3 is 2.35 bits per heavy atom. The van der Waals surface area contributed by atoms with Crippen molar-refractivity contribution in [3.05, 3.63) is 88.3 Å². The van der Waals surface area contributed by atoms with Crippen LogP contribution in [0.3, 0.4) is 0 Å². The van der Waals surface area contributed by atoms with Crippen molar-refractivity contribution in [1.82, 2.24) is 5.32 Å². The van der Waals surface area contributed by atoms with E-state index in [1.165, 1.54) is 18.9 Å². The van der Waals surface area contributed by atoms with Gasteiger partial charge in [-0.2, -0.15) is 0 Å². The molecular weight excluding hydrogens is 452 g/mol. The topological polar surface area (TPSA) is 86.2 Å². The Labute approximate surface area is 201 Å². The van der Waals surface area contributed by atoms with E-state index in [2.05, 4.69) is 10.3 Å². The smallest absolute Gasteiger partial charge is 0.343 e. The van der Waals surface area contributed by atoms with Crippen LogP contribution in [-0.2, 0) is 4.79 Å². The number of carbonyl (C=O) groups excluding carboxylic acids is 2. The summed E-state index contributed by atoms with van der Waals surface area (Å²) in [6.45, 7) is 2.00. The van der Waals surface area contributed by atoms with E-state index in [0.29, 0.717) is 32.7 Å². The maximum absolute atomic E-state index is 12.6. The number of hydrogen-bond acceptors (Lipinski definition) is 7. The number of nitrogens with one attached hydrogen (secondary N) is 1. The first kappa shape index (κ1) is 23.1. The predicted octanol–water partition coefficient (Wildman–Crippen LogP) is 5.12. The van der Waals surface area contributed by atoms with E-state index in [1.54, 1.807) is 55.7 Å². The maximum Gasteiger partial charge on any atom is 0.343 e. The highest BCUT2D eigenvalue weighted by Gasteiger charge is 2.24. The zero-order valence-corrected chi connectivity index (χ0v) is 19.6. The van der Waals surface area contributed by atoms with Gasteiger partial charge >= 0.3 is 5.97 Å². The molecule has 1 aliphatic rings. The second-order valence-electron chi connectivity index (χ2n) is 7.35. The Bertz CT molecular complexity index is 1280. The van der Waals surface area contributed by atoms with Crippen molar-refractivity contribution in [3.8, 4) is 17.2 Å². The minimum atomic E-state index is -0.536. The zero-order chi connectivity index (χ0) is 24.1. The summed E-state index contributed by atoms with van der Waals surface area (Å²) in [4.78, 5) is 30.0. The second kappa shape index (κ2) is 10.3. The van der Waals surface area contributed by atoms with Gasteiger partial charge in [-0.3, -0.25) is 4.79 Å². The molecule has 0 spiro atoms. The van der Waals surface area contributed by atoms with Gasteiger partial charge in [-0.05, 0) is 78.9 Å². The maximum atomic E-state index is 12.6. The van der Waals surface area contributed by atoms with Crippen molar-refractivity contribution in [2.45, 2.75) is 6.92 Å². The summed E-state index contributed by atoms with van der Waals surface area (Å²) < 4.78 is 16.0. The standard InChI is InChI=1S/C26H22N2O5S/c1-16-4-9-19(10-5-16)27-26-28-24(29)23(34-26)15-17-6-13-21(32-3)22(14-17)33-25(30)18-7-11-20(31-2)12-8-18/h4-15H,1-3H3,(H,27,28,29)/b23-15-. The number of amidine groups is 1. The van der Waals surface area contributed by atoms with Gasteiger partial charge in [-0.15, -0.1) is 0 Å². The summed E-state index contributed by atoms with van der Waals surface area (Å²) in [6.07, 6.45) is 1.71. The molecule has 8 heteroatoms. The van der Waals surface area contributed by atoms with Crippen LogP contribution in [0.5, 0.6) is 17.2 Å². The third-order valence-electron chi connectivity index (χ3n) is 4.93. The fourth-order valence-corrected chi connectivity index (χ4v) is 3.96. The molecule has 7 nitrogen and oxygen atoms in total. The second-order valence-corrected chi connectivity index (χ2v) is 8.38. The number of esters is 1. The molecular formula is C26H22N2O5S. The molecule has 1 amide bonds. The van der Waals surface area contributed by atoms with Crippen molar-refractivity contribution in [2.75, 3.05) is 14.2 Å². The minimum absolute atomic E-state index is 0.245. The number of methoxy groups -OCH3 is 2. The molecule has 0 radical (unpaired) electrons. The van der Waals surface area contributed by atoms with Crippen molar-refractivity contribution in [1.29, 1.82) is 0 Å². The normalized spacial score (nSPS) is 15.3. The highest BCUT2D eigenvalue weighted by molar-refractivity contribution is 8.18. The summed E-state index contributed by atoms with van der Waals surface area (Å²) in [7, 11) is 3.05. The number of ether oxygens (including phenoxy) is 3. The van der Waals surface area contributed by atoms with Gasteiger partial charge < -0.3 is 19.5 Å². The number of amides is 1. The predicted molar refractivity (Wildman–Crippen MR) is 133 cm³/mol. The largest absolute Gasteiger partial charge is 0.497 e. The Morgan fingerprint density at radius 2 is 1.68 bits per heavy atom. The van der Waals surface area contributed by atoms with Crippen molar-refractivity contribution < 1.29 is 23.8 Å². The van der Waals surface area contributed by atoms with E-state index in [1.807, 2.05) is 31.2 Å². The lowest BCUT2D eigenvalue weighted by molar-refractivity contribution is -0.115. The molecule has 0 aromatic heterocycles. The number of aliphatic imine (C=N–C) groups is 1. The molecule has 0 aliphatic carbocycles. The summed E-state index contributed by atoms with van der Waals surface area (Å²) in [5, 5.41) is 3.27. The highest BCUT2D eigenvalue weighted by Crippen LogP contribution is 2.33. The Hall–Kier alpha value is -4.04. The molecule has 172 valence electrons. The fourth-order valence-electron chi connectivity index (χ4n) is 3.12.